The Labute approximate surface area is 473 Å². The number of amides is 1. The van der Waals surface area contributed by atoms with E-state index in [1.807, 2.05) is 21.1 Å². The molecule has 0 fully saturated rings. The number of phosphoric acid groups is 1. The summed E-state index contributed by atoms with van der Waals surface area (Å²) < 4.78 is 23.4. The predicted molar refractivity (Wildman–Crippen MR) is 330 cm³/mol. The van der Waals surface area contributed by atoms with Crippen molar-refractivity contribution in [3.05, 3.63) is 48.6 Å². The van der Waals surface area contributed by atoms with Crippen molar-refractivity contribution in [3.8, 4) is 0 Å². The Morgan fingerprint density at radius 2 is 0.803 bits per heavy atom. The maximum Gasteiger partial charge on any atom is 0.268 e. The first-order chi connectivity index (χ1) is 37.0. The SMILES string of the molecule is CC/C=C\C/C=C\C/C=C\C/C=C\CCCCCCCCCCCCCCCCCCCCCCCCCCCCC(=O)NC(COP(=O)([O-])OCC[N+](C)(C)C)C(O)CCCCCCCCCCCCCCCCC. The second-order valence-electron chi connectivity index (χ2n) is 23.8. The summed E-state index contributed by atoms with van der Waals surface area (Å²) in [5.41, 5.74) is 0. The molecule has 9 heteroatoms. The van der Waals surface area contributed by atoms with Crippen molar-refractivity contribution in [1.29, 1.82) is 0 Å². The van der Waals surface area contributed by atoms with E-state index in [0.717, 1.165) is 64.2 Å². The van der Waals surface area contributed by atoms with Gasteiger partial charge in [-0.3, -0.25) is 9.36 Å². The molecule has 0 aliphatic carbocycles. The van der Waals surface area contributed by atoms with E-state index in [-0.39, 0.29) is 19.1 Å². The minimum atomic E-state index is -4.57. The lowest BCUT2D eigenvalue weighted by Crippen LogP contribution is -2.46. The zero-order valence-corrected chi connectivity index (χ0v) is 52.1. The molecule has 0 aromatic heterocycles. The molecule has 0 saturated carbocycles. The normalized spacial score (nSPS) is 14.0. The number of rotatable bonds is 61. The summed E-state index contributed by atoms with van der Waals surface area (Å²) >= 11 is 0. The van der Waals surface area contributed by atoms with Crippen molar-refractivity contribution < 1.29 is 32.9 Å². The van der Waals surface area contributed by atoms with E-state index in [9.17, 15) is 19.4 Å². The number of nitrogens with one attached hydrogen (secondary N) is 1. The van der Waals surface area contributed by atoms with Crippen molar-refractivity contribution in [2.45, 2.75) is 334 Å². The van der Waals surface area contributed by atoms with Crippen molar-refractivity contribution in [2.75, 3.05) is 40.9 Å². The van der Waals surface area contributed by atoms with Crippen LogP contribution in [0.4, 0.5) is 0 Å². The van der Waals surface area contributed by atoms with Crippen LogP contribution in [0.2, 0.25) is 0 Å². The number of nitrogens with zero attached hydrogens (tertiary/aromatic N) is 1. The number of aliphatic hydroxyl groups excluding tert-OH is 1. The molecule has 0 aliphatic heterocycles. The Kier molecular flexibility index (Phi) is 56.9. The van der Waals surface area contributed by atoms with Gasteiger partial charge in [-0.25, -0.2) is 0 Å². The Hall–Kier alpha value is -1.54. The summed E-state index contributed by atoms with van der Waals surface area (Å²) in [4.78, 5) is 25.6. The summed E-state index contributed by atoms with van der Waals surface area (Å²) in [7, 11) is 1.32. The van der Waals surface area contributed by atoms with Crippen LogP contribution in [0.3, 0.4) is 0 Å². The third-order valence-electron chi connectivity index (χ3n) is 15.1. The summed E-state index contributed by atoms with van der Waals surface area (Å²) in [6.07, 6.45) is 77.6. The maximum absolute atomic E-state index is 13.0. The number of quaternary nitrogens is 1. The number of phosphoric ester groups is 1. The van der Waals surface area contributed by atoms with Crippen LogP contribution in [0.25, 0.3) is 0 Å². The van der Waals surface area contributed by atoms with Crippen molar-refractivity contribution in [3.63, 3.8) is 0 Å². The topological polar surface area (TPSA) is 108 Å². The van der Waals surface area contributed by atoms with E-state index in [1.54, 1.807) is 0 Å². The van der Waals surface area contributed by atoms with Gasteiger partial charge in [0.05, 0.1) is 39.9 Å². The first-order valence-electron chi connectivity index (χ1n) is 33.0. The molecule has 3 unspecified atom stereocenters. The molecular weight excluding hydrogens is 960 g/mol. The lowest BCUT2D eigenvalue weighted by atomic mass is 10.0. The smallest absolute Gasteiger partial charge is 0.268 e. The monoisotopic (exact) mass is 1090 g/mol. The molecule has 0 aromatic rings. The maximum atomic E-state index is 13.0. The third-order valence-corrected chi connectivity index (χ3v) is 16.0. The van der Waals surface area contributed by atoms with Crippen LogP contribution < -0.4 is 10.2 Å². The standard InChI is InChI=1S/C67H129N2O6P/c1-6-8-10-12-14-16-18-20-22-23-24-25-26-27-28-29-30-31-32-33-34-35-36-37-38-39-40-41-42-43-44-45-47-49-51-53-55-57-59-61-67(71)68-65(64-75-76(72,73)74-63-62-69(3,4)5)66(70)60-58-56-54-52-50-48-46-21-19-17-15-13-11-9-7-2/h8,10,14,16,20,22,24-25,65-66,70H,6-7,9,11-13,15,17-19,21,23,26-64H2,1-5H3,(H-,68,71,72,73)/b10-8-,16-14-,22-20-,25-24-. The van der Waals surface area contributed by atoms with E-state index in [2.05, 4.69) is 67.8 Å². The molecule has 0 bridgehead atoms. The number of hydrogen-bond donors (Lipinski definition) is 2. The predicted octanol–water partition coefficient (Wildman–Crippen LogP) is 20.0. The first-order valence-corrected chi connectivity index (χ1v) is 34.4. The molecule has 0 saturated heterocycles. The fourth-order valence-corrected chi connectivity index (χ4v) is 10.7. The van der Waals surface area contributed by atoms with E-state index in [4.69, 9.17) is 9.05 Å². The van der Waals surface area contributed by atoms with Gasteiger partial charge in [-0.1, -0.05) is 313 Å². The van der Waals surface area contributed by atoms with Crippen LogP contribution in [0, 0.1) is 0 Å². The summed E-state index contributed by atoms with van der Waals surface area (Å²) in [5.74, 6) is -0.159. The molecule has 76 heavy (non-hydrogen) atoms. The zero-order valence-electron chi connectivity index (χ0n) is 51.2. The first kappa shape index (κ1) is 74.5. The quantitative estimate of drug-likeness (QED) is 0.0272. The molecule has 2 N–H and O–H groups in total. The molecule has 1 amide bonds. The van der Waals surface area contributed by atoms with Gasteiger partial charge in [0.2, 0.25) is 5.91 Å². The van der Waals surface area contributed by atoms with Gasteiger partial charge < -0.3 is 28.8 Å². The van der Waals surface area contributed by atoms with Gasteiger partial charge in [-0.2, -0.15) is 0 Å². The van der Waals surface area contributed by atoms with Gasteiger partial charge in [-0.05, 0) is 51.4 Å². The average Bonchev–Trinajstić information content (AvgIpc) is 3.38. The largest absolute Gasteiger partial charge is 0.756 e. The lowest BCUT2D eigenvalue weighted by molar-refractivity contribution is -0.870. The minimum Gasteiger partial charge on any atom is -0.756 e. The van der Waals surface area contributed by atoms with Crippen LogP contribution in [-0.2, 0) is 18.4 Å². The van der Waals surface area contributed by atoms with Crippen LogP contribution in [0.1, 0.15) is 322 Å². The highest BCUT2D eigenvalue weighted by molar-refractivity contribution is 7.45. The van der Waals surface area contributed by atoms with Crippen molar-refractivity contribution in [1.82, 2.24) is 5.32 Å². The Morgan fingerprint density at radius 3 is 1.17 bits per heavy atom. The number of hydrogen-bond acceptors (Lipinski definition) is 6. The van der Waals surface area contributed by atoms with Crippen molar-refractivity contribution >= 4 is 13.7 Å². The Morgan fingerprint density at radius 1 is 0.474 bits per heavy atom. The van der Waals surface area contributed by atoms with E-state index >= 15 is 0 Å². The summed E-state index contributed by atoms with van der Waals surface area (Å²) in [6, 6.07) is -0.798. The minimum absolute atomic E-state index is 0.0143. The molecule has 0 aromatic carbocycles. The number of aliphatic hydroxyl groups is 1. The third kappa shape index (κ3) is 60.1. The van der Waals surface area contributed by atoms with Crippen LogP contribution in [0.15, 0.2) is 48.6 Å². The van der Waals surface area contributed by atoms with Gasteiger partial charge in [0.1, 0.15) is 13.2 Å². The van der Waals surface area contributed by atoms with Gasteiger partial charge in [0.15, 0.2) is 0 Å². The van der Waals surface area contributed by atoms with Crippen LogP contribution in [0.5, 0.6) is 0 Å². The molecule has 0 aliphatic rings. The Balaban J connectivity index is 3.87. The highest BCUT2D eigenvalue weighted by Gasteiger charge is 2.24. The number of unbranched alkanes of at least 4 members (excludes halogenated alkanes) is 40. The second-order valence-corrected chi connectivity index (χ2v) is 25.2. The number of carbonyl (C=O) groups is 1. The fraction of sp³-hybridized carbons (Fsp3) is 0.866. The Bertz CT molecular complexity index is 1380. The number of carbonyl (C=O) groups excluding carboxylic acids is 1. The van der Waals surface area contributed by atoms with Gasteiger partial charge >= 0.3 is 0 Å². The van der Waals surface area contributed by atoms with Gasteiger partial charge in [-0.15, -0.1) is 0 Å². The second kappa shape index (κ2) is 58.1. The molecule has 8 nitrogen and oxygen atoms in total. The lowest BCUT2D eigenvalue weighted by Gasteiger charge is -2.30. The van der Waals surface area contributed by atoms with E-state index in [0.29, 0.717) is 23.9 Å². The zero-order chi connectivity index (χ0) is 55.6. The molecule has 448 valence electrons. The molecule has 3 atom stereocenters. The molecule has 0 radical (unpaired) electrons. The van der Waals surface area contributed by atoms with Gasteiger partial charge in [0, 0.05) is 6.42 Å². The summed E-state index contributed by atoms with van der Waals surface area (Å²) in [6.45, 7) is 4.64. The highest BCUT2D eigenvalue weighted by Crippen LogP contribution is 2.38. The van der Waals surface area contributed by atoms with Crippen LogP contribution >= 0.6 is 7.82 Å². The average molecular weight is 1090 g/mol. The molecule has 0 spiro atoms. The van der Waals surface area contributed by atoms with Crippen LogP contribution in [-0.4, -0.2) is 68.5 Å². The number of allylic oxidation sites excluding steroid dienone is 8. The van der Waals surface area contributed by atoms with Gasteiger partial charge in [0.25, 0.3) is 7.82 Å². The van der Waals surface area contributed by atoms with E-state index < -0.39 is 20.0 Å². The molecule has 0 rings (SSSR count). The molecular formula is C67H129N2O6P. The van der Waals surface area contributed by atoms with Crippen molar-refractivity contribution in [2.24, 2.45) is 0 Å². The highest BCUT2D eigenvalue weighted by atomic mass is 31.2. The fourth-order valence-electron chi connectivity index (χ4n) is 9.98. The number of likely N-dealkylation sites (N-methyl/N-ethyl adjacent to an activating group) is 1. The summed E-state index contributed by atoms with van der Waals surface area (Å²) in [5, 5.41) is 14.0. The van der Waals surface area contributed by atoms with E-state index in [1.165, 1.54) is 231 Å². The molecule has 0 heterocycles.